The molecule has 0 heterocycles. The first kappa shape index (κ1) is 14.8. The maximum absolute atomic E-state index is 13.0. The molecule has 100 valence electrons. The number of nitriles is 1. The van der Waals surface area contributed by atoms with Crippen molar-refractivity contribution in [3.8, 4) is 6.07 Å². The largest absolute Gasteiger partial charge is 0.462 e. The van der Waals surface area contributed by atoms with Gasteiger partial charge in [0.1, 0.15) is 11.6 Å². The van der Waals surface area contributed by atoms with Crippen LogP contribution in [0.3, 0.4) is 0 Å². The molecule has 0 bridgehead atoms. The molecule has 3 nitrogen and oxygen atoms in total. The SMILES string of the molecule is CCCCOC(=O)/C(C#N)=C\c1ccc(F)c(F)c1. The van der Waals surface area contributed by atoms with Crippen LogP contribution >= 0.6 is 0 Å². The van der Waals surface area contributed by atoms with Gasteiger partial charge in [-0.25, -0.2) is 13.6 Å². The van der Waals surface area contributed by atoms with E-state index < -0.39 is 17.6 Å². The molecule has 19 heavy (non-hydrogen) atoms. The molecule has 0 fully saturated rings. The molecular formula is C14H13F2NO2. The van der Waals surface area contributed by atoms with Crippen LogP contribution in [0.15, 0.2) is 23.8 Å². The lowest BCUT2D eigenvalue weighted by atomic mass is 10.1. The van der Waals surface area contributed by atoms with Crippen LogP contribution in [-0.2, 0) is 9.53 Å². The van der Waals surface area contributed by atoms with E-state index in [1.807, 2.05) is 6.92 Å². The van der Waals surface area contributed by atoms with E-state index in [0.29, 0.717) is 6.42 Å². The number of halogens is 2. The lowest BCUT2D eigenvalue weighted by molar-refractivity contribution is -0.138. The van der Waals surface area contributed by atoms with E-state index in [9.17, 15) is 13.6 Å². The van der Waals surface area contributed by atoms with E-state index in [1.54, 1.807) is 6.07 Å². The first-order valence-electron chi connectivity index (χ1n) is 5.82. The molecule has 0 aliphatic carbocycles. The van der Waals surface area contributed by atoms with Gasteiger partial charge in [-0.2, -0.15) is 5.26 Å². The Morgan fingerprint density at radius 2 is 2.16 bits per heavy atom. The third kappa shape index (κ3) is 4.51. The van der Waals surface area contributed by atoms with E-state index in [4.69, 9.17) is 10.00 Å². The Morgan fingerprint density at radius 1 is 1.42 bits per heavy atom. The third-order valence-electron chi connectivity index (χ3n) is 2.33. The molecule has 0 aliphatic rings. The average Bonchev–Trinajstić information content (AvgIpc) is 2.40. The summed E-state index contributed by atoms with van der Waals surface area (Å²) in [7, 11) is 0. The number of unbranched alkanes of at least 4 members (excludes halogenated alkanes) is 1. The highest BCUT2D eigenvalue weighted by Crippen LogP contribution is 2.12. The second-order valence-corrected chi connectivity index (χ2v) is 3.83. The standard InChI is InChI=1S/C14H13F2NO2/c1-2-3-6-19-14(18)11(9-17)7-10-4-5-12(15)13(16)8-10/h4-5,7-8H,2-3,6H2,1H3/b11-7-. The number of ether oxygens (including phenoxy) is 1. The van der Waals surface area contributed by atoms with Crippen molar-refractivity contribution in [1.29, 1.82) is 5.26 Å². The smallest absolute Gasteiger partial charge is 0.348 e. The number of carbonyl (C=O) groups is 1. The van der Waals surface area contributed by atoms with Crippen molar-refractivity contribution in [2.45, 2.75) is 19.8 Å². The van der Waals surface area contributed by atoms with E-state index in [2.05, 4.69) is 0 Å². The molecule has 0 saturated heterocycles. The summed E-state index contributed by atoms with van der Waals surface area (Å²) in [6.45, 7) is 2.17. The Hall–Kier alpha value is -2.22. The van der Waals surface area contributed by atoms with Gasteiger partial charge in [0, 0.05) is 0 Å². The van der Waals surface area contributed by atoms with Crippen LogP contribution in [-0.4, -0.2) is 12.6 Å². The van der Waals surface area contributed by atoms with Crippen LogP contribution in [0.4, 0.5) is 8.78 Å². The summed E-state index contributed by atoms with van der Waals surface area (Å²) < 4.78 is 30.6. The molecule has 1 rings (SSSR count). The predicted octanol–water partition coefficient (Wildman–Crippen LogP) is 3.22. The number of esters is 1. The van der Waals surface area contributed by atoms with Crippen molar-refractivity contribution < 1.29 is 18.3 Å². The maximum Gasteiger partial charge on any atom is 0.348 e. The second kappa shape index (κ2) is 7.27. The molecule has 0 amide bonds. The summed E-state index contributed by atoms with van der Waals surface area (Å²) in [4.78, 5) is 11.5. The molecule has 0 atom stereocenters. The first-order valence-corrected chi connectivity index (χ1v) is 5.82. The van der Waals surface area contributed by atoms with Crippen LogP contribution in [0.2, 0.25) is 0 Å². The van der Waals surface area contributed by atoms with Crippen molar-refractivity contribution in [2.24, 2.45) is 0 Å². The zero-order chi connectivity index (χ0) is 14.3. The Balaban J connectivity index is 2.84. The fourth-order valence-corrected chi connectivity index (χ4v) is 1.29. The summed E-state index contributed by atoms with van der Waals surface area (Å²) in [6.07, 6.45) is 2.73. The van der Waals surface area contributed by atoms with Gasteiger partial charge in [0.25, 0.3) is 0 Å². The Bertz CT molecular complexity index is 533. The molecule has 0 saturated carbocycles. The van der Waals surface area contributed by atoms with Gasteiger partial charge in [0.15, 0.2) is 11.6 Å². The molecule has 5 heteroatoms. The van der Waals surface area contributed by atoms with Crippen LogP contribution in [0.5, 0.6) is 0 Å². The average molecular weight is 265 g/mol. The number of benzene rings is 1. The molecule has 0 spiro atoms. The minimum absolute atomic E-state index is 0.225. The molecule has 1 aromatic rings. The van der Waals surface area contributed by atoms with Gasteiger partial charge in [-0.15, -0.1) is 0 Å². The van der Waals surface area contributed by atoms with Gasteiger partial charge >= 0.3 is 5.97 Å². The summed E-state index contributed by atoms with van der Waals surface area (Å²) in [6, 6.07) is 4.79. The number of nitrogens with zero attached hydrogens (tertiary/aromatic N) is 1. The van der Waals surface area contributed by atoms with Crippen LogP contribution in [0.1, 0.15) is 25.3 Å². The van der Waals surface area contributed by atoms with Crippen molar-refractivity contribution >= 4 is 12.0 Å². The molecule has 0 unspecified atom stereocenters. The Morgan fingerprint density at radius 3 is 2.74 bits per heavy atom. The number of rotatable bonds is 5. The first-order chi connectivity index (χ1) is 9.08. The molecule has 0 aromatic heterocycles. The van der Waals surface area contributed by atoms with E-state index >= 15 is 0 Å². The highest BCUT2D eigenvalue weighted by atomic mass is 19.2. The number of hydrogen-bond acceptors (Lipinski definition) is 3. The molecule has 1 aromatic carbocycles. The summed E-state index contributed by atoms with van der Waals surface area (Å²) in [5.74, 6) is -2.78. The Labute approximate surface area is 110 Å². The highest BCUT2D eigenvalue weighted by Gasteiger charge is 2.11. The van der Waals surface area contributed by atoms with E-state index in [-0.39, 0.29) is 17.7 Å². The Kier molecular flexibility index (Phi) is 5.68. The van der Waals surface area contributed by atoms with Crippen LogP contribution in [0, 0.1) is 23.0 Å². The molecule has 0 N–H and O–H groups in total. The van der Waals surface area contributed by atoms with Gasteiger partial charge in [0.05, 0.1) is 6.61 Å². The number of carbonyl (C=O) groups excluding carboxylic acids is 1. The number of hydrogen-bond donors (Lipinski definition) is 0. The molecular weight excluding hydrogens is 252 g/mol. The van der Waals surface area contributed by atoms with Gasteiger partial charge in [-0.05, 0) is 30.2 Å². The lowest BCUT2D eigenvalue weighted by Gasteiger charge is -2.02. The van der Waals surface area contributed by atoms with Crippen molar-refractivity contribution in [3.63, 3.8) is 0 Å². The van der Waals surface area contributed by atoms with Crippen molar-refractivity contribution in [3.05, 3.63) is 41.0 Å². The summed E-state index contributed by atoms with van der Waals surface area (Å²) in [5, 5.41) is 8.85. The highest BCUT2D eigenvalue weighted by molar-refractivity contribution is 5.97. The van der Waals surface area contributed by atoms with Gasteiger partial charge in [-0.3, -0.25) is 0 Å². The van der Waals surface area contributed by atoms with Crippen LogP contribution in [0.25, 0.3) is 6.08 Å². The summed E-state index contributed by atoms with van der Waals surface area (Å²) in [5.41, 5.74) is -0.0231. The van der Waals surface area contributed by atoms with Gasteiger partial charge < -0.3 is 4.74 Å². The van der Waals surface area contributed by atoms with Gasteiger partial charge in [0.2, 0.25) is 0 Å². The lowest BCUT2D eigenvalue weighted by Crippen LogP contribution is -2.07. The van der Waals surface area contributed by atoms with E-state index in [0.717, 1.165) is 24.6 Å². The minimum Gasteiger partial charge on any atom is -0.462 e. The topological polar surface area (TPSA) is 50.1 Å². The quantitative estimate of drug-likeness (QED) is 0.355. The van der Waals surface area contributed by atoms with E-state index in [1.165, 1.54) is 6.07 Å². The normalized spacial score (nSPS) is 10.9. The van der Waals surface area contributed by atoms with Crippen molar-refractivity contribution in [2.75, 3.05) is 6.61 Å². The minimum atomic E-state index is -1.04. The monoisotopic (exact) mass is 265 g/mol. The van der Waals surface area contributed by atoms with Crippen LogP contribution < -0.4 is 0 Å². The maximum atomic E-state index is 13.0. The van der Waals surface area contributed by atoms with Gasteiger partial charge in [-0.1, -0.05) is 19.4 Å². The fraction of sp³-hybridized carbons (Fsp3) is 0.286. The second-order valence-electron chi connectivity index (χ2n) is 3.83. The fourth-order valence-electron chi connectivity index (χ4n) is 1.29. The molecule has 0 aliphatic heterocycles. The predicted molar refractivity (Wildman–Crippen MR) is 65.8 cm³/mol. The zero-order valence-electron chi connectivity index (χ0n) is 10.5. The zero-order valence-corrected chi connectivity index (χ0v) is 10.5. The van der Waals surface area contributed by atoms with Crippen molar-refractivity contribution in [1.82, 2.24) is 0 Å². The molecule has 0 radical (unpaired) electrons. The summed E-state index contributed by atoms with van der Waals surface area (Å²) >= 11 is 0. The third-order valence-corrected chi connectivity index (χ3v) is 2.33.